The Morgan fingerprint density at radius 1 is 1.11 bits per heavy atom. The highest BCUT2D eigenvalue weighted by atomic mass is 32.1. The van der Waals surface area contributed by atoms with E-state index in [0.717, 1.165) is 17.5 Å². The maximum atomic E-state index is 12.8. The van der Waals surface area contributed by atoms with Gasteiger partial charge in [-0.15, -0.1) is 11.3 Å². The highest BCUT2D eigenvalue weighted by Crippen LogP contribution is 2.50. The van der Waals surface area contributed by atoms with Gasteiger partial charge in [-0.1, -0.05) is 6.07 Å². The molecule has 2 aromatic heterocycles. The van der Waals surface area contributed by atoms with Crippen molar-refractivity contribution in [1.82, 2.24) is 19.8 Å². The summed E-state index contributed by atoms with van der Waals surface area (Å²) in [4.78, 5) is 37.8. The molecule has 1 saturated heterocycles. The van der Waals surface area contributed by atoms with Crippen LogP contribution >= 0.6 is 11.3 Å². The molecule has 1 N–H and O–H groups in total. The number of aromatic nitrogens is 2. The normalized spacial score (nSPS) is 22.2. The van der Waals surface area contributed by atoms with Crippen molar-refractivity contribution >= 4 is 34.2 Å². The van der Waals surface area contributed by atoms with E-state index in [0.29, 0.717) is 37.7 Å². The summed E-state index contributed by atoms with van der Waals surface area (Å²) in [6.07, 6.45) is 2.59. The second kappa shape index (κ2) is 6.49. The minimum Gasteiger partial charge on any atom is -0.345 e. The number of hydrogen-bond donors (Lipinski definition) is 1. The molecule has 5 rings (SSSR count). The molecule has 1 aromatic carbocycles. The monoisotopic (exact) mass is 380 g/mol. The number of nitrogens with zero attached hydrogens (tertiary/aromatic N) is 3. The zero-order chi connectivity index (χ0) is 18.4. The van der Waals surface area contributed by atoms with Crippen molar-refractivity contribution in [3.63, 3.8) is 0 Å². The summed E-state index contributed by atoms with van der Waals surface area (Å²) in [7, 11) is 0. The van der Waals surface area contributed by atoms with Crippen molar-refractivity contribution < 1.29 is 9.59 Å². The molecule has 0 spiro atoms. The van der Waals surface area contributed by atoms with E-state index in [9.17, 15) is 9.59 Å². The molecule has 1 aliphatic heterocycles. The highest BCUT2D eigenvalue weighted by Gasteiger charge is 2.46. The van der Waals surface area contributed by atoms with Gasteiger partial charge < -0.3 is 14.8 Å². The van der Waals surface area contributed by atoms with Gasteiger partial charge in [0.2, 0.25) is 5.91 Å². The summed E-state index contributed by atoms with van der Waals surface area (Å²) in [6.45, 7) is 2.40. The molecule has 3 aromatic rings. The Kier molecular flexibility index (Phi) is 3.97. The second-order valence-corrected chi connectivity index (χ2v) is 8.20. The number of H-pyrrole nitrogens is 1. The van der Waals surface area contributed by atoms with E-state index in [1.807, 2.05) is 34.1 Å². The predicted octanol–water partition coefficient (Wildman–Crippen LogP) is 2.71. The largest absolute Gasteiger partial charge is 0.345 e. The molecule has 0 bridgehead atoms. The number of carbonyl (C=O) groups excluding carboxylic acids is 2. The van der Waals surface area contributed by atoms with Gasteiger partial charge in [-0.05, 0) is 36.1 Å². The zero-order valence-electron chi connectivity index (χ0n) is 14.8. The van der Waals surface area contributed by atoms with Crippen LogP contribution in [0.4, 0.5) is 0 Å². The van der Waals surface area contributed by atoms with Gasteiger partial charge in [-0.25, -0.2) is 4.98 Å². The Morgan fingerprint density at radius 2 is 1.93 bits per heavy atom. The third-order valence-electron chi connectivity index (χ3n) is 5.56. The Labute approximate surface area is 160 Å². The highest BCUT2D eigenvalue weighted by molar-refractivity contribution is 7.10. The van der Waals surface area contributed by atoms with Crippen molar-refractivity contribution in [1.29, 1.82) is 0 Å². The van der Waals surface area contributed by atoms with Gasteiger partial charge in [0.1, 0.15) is 0 Å². The zero-order valence-corrected chi connectivity index (χ0v) is 15.6. The summed E-state index contributed by atoms with van der Waals surface area (Å²) < 4.78 is 0. The van der Waals surface area contributed by atoms with Gasteiger partial charge in [0.25, 0.3) is 5.91 Å². The summed E-state index contributed by atoms with van der Waals surface area (Å²) in [5, 5.41) is 2.07. The fourth-order valence-electron chi connectivity index (χ4n) is 3.90. The van der Waals surface area contributed by atoms with Crippen LogP contribution < -0.4 is 0 Å². The fraction of sp³-hybridized carbons (Fsp3) is 0.350. The lowest BCUT2D eigenvalue weighted by molar-refractivity contribution is -0.134. The molecular weight excluding hydrogens is 360 g/mol. The van der Waals surface area contributed by atoms with Crippen LogP contribution in [0.1, 0.15) is 27.6 Å². The Bertz CT molecular complexity index is 989. The van der Waals surface area contributed by atoms with Crippen LogP contribution in [-0.4, -0.2) is 57.8 Å². The number of piperazine rings is 1. The number of fused-ring (bicyclic) bond motifs is 1. The molecule has 7 heteroatoms. The van der Waals surface area contributed by atoms with Gasteiger partial charge in [0, 0.05) is 48.5 Å². The SMILES string of the molecule is O=C(c1ccc2nc[nH]c2c1)N1CCN(C(=O)C2CC2c2cccs2)CC1. The first kappa shape index (κ1) is 16.5. The molecule has 27 heavy (non-hydrogen) atoms. The minimum atomic E-state index is 0.0153. The Balaban J connectivity index is 1.20. The molecule has 2 aliphatic rings. The van der Waals surface area contributed by atoms with Gasteiger partial charge in [0.05, 0.1) is 17.4 Å². The molecule has 2 fully saturated rings. The van der Waals surface area contributed by atoms with Gasteiger partial charge >= 0.3 is 0 Å². The van der Waals surface area contributed by atoms with Crippen LogP contribution in [0.5, 0.6) is 0 Å². The molecule has 2 atom stereocenters. The van der Waals surface area contributed by atoms with Crippen molar-refractivity contribution in [2.45, 2.75) is 12.3 Å². The number of nitrogens with one attached hydrogen (secondary N) is 1. The van der Waals surface area contributed by atoms with E-state index in [4.69, 9.17) is 0 Å². The average molecular weight is 380 g/mol. The summed E-state index contributed by atoms with van der Waals surface area (Å²) >= 11 is 1.73. The van der Waals surface area contributed by atoms with E-state index in [2.05, 4.69) is 21.4 Å². The van der Waals surface area contributed by atoms with E-state index in [1.54, 1.807) is 17.7 Å². The first-order valence-corrected chi connectivity index (χ1v) is 10.1. The van der Waals surface area contributed by atoms with Crippen molar-refractivity contribution in [3.05, 3.63) is 52.5 Å². The Hall–Kier alpha value is -2.67. The van der Waals surface area contributed by atoms with Crippen LogP contribution in [0.15, 0.2) is 42.0 Å². The number of rotatable bonds is 3. The summed E-state index contributed by atoms with van der Waals surface area (Å²) in [6, 6.07) is 9.69. The van der Waals surface area contributed by atoms with Crippen LogP contribution in [0.2, 0.25) is 0 Å². The summed E-state index contributed by atoms with van der Waals surface area (Å²) in [5.74, 6) is 0.799. The van der Waals surface area contributed by atoms with E-state index >= 15 is 0 Å². The van der Waals surface area contributed by atoms with Gasteiger partial charge in [0.15, 0.2) is 0 Å². The topological polar surface area (TPSA) is 69.3 Å². The number of benzene rings is 1. The van der Waals surface area contributed by atoms with Crippen LogP contribution in [0.3, 0.4) is 0 Å². The number of aromatic amines is 1. The van der Waals surface area contributed by atoms with Crippen molar-refractivity contribution in [2.24, 2.45) is 5.92 Å². The second-order valence-electron chi connectivity index (χ2n) is 7.22. The number of carbonyl (C=O) groups is 2. The van der Waals surface area contributed by atoms with E-state index in [1.165, 1.54) is 4.88 Å². The van der Waals surface area contributed by atoms with Crippen molar-refractivity contribution in [3.8, 4) is 0 Å². The van der Waals surface area contributed by atoms with E-state index < -0.39 is 0 Å². The molecule has 2 unspecified atom stereocenters. The maximum Gasteiger partial charge on any atom is 0.254 e. The standard InChI is InChI=1S/C20H20N4O2S/c25-19(13-3-4-16-17(10-13)22-12-21-16)23-5-7-24(8-6-23)20(26)15-11-14(15)18-2-1-9-27-18/h1-4,9-10,12,14-15H,5-8,11H2,(H,21,22). The van der Waals surface area contributed by atoms with Crippen molar-refractivity contribution in [2.75, 3.05) is 26.2 Å². The summed E-state index contributed by atoms with van der Waals surface area (Å²) in [5.41, 5.74) is 2.38. The minimum absolute atomic E-state index is 0.0153. The molecule has 3 heterocycles. The third kappa shape index (κ3) is 3.02. The number of thiophene rings is 1. The molecule has 0 radical (unpaired) electrons. The number of hydrogen-bond acceptors (Lipinski definition) is 4. The van der Waals surface area contributed by atoms with Crippen LogP contribution in [0, 0.1) is 5.92 Å². The van der Waals surface area contributed by atoms with E-state index in [-0.39, 0.29) is 17.7 Å². The van der Waals surface area contributed by atoms with Gasteiger partial charge in [-0.3, -0.25) is 9.59 Å². The maximum absolute atomic E-state index is 12.8. The lowest BCUT2D eigenvalue weighted by Crippen LogP contribution is -2.51. The van der Waals surface area contributed by atoms with Crippen LogP contribution in [-0.2, 0) is 4.79 Å². The van der Waals surface area contributed by atoms with Gasteiger partial charge in [-0.2, -0.15) is 0 Å². The first-order valence-electron chi connectivity index (χ1n) is 9.25. The average Bonchev–Trinajstić information content (AvgIpc) is 3.10. The molecular formula is C20H20N4O2S. The Morgan fingerprint density at radius 3 is 2.70 bits per heavy atom. The quantitative estimate of drug-likeness (QED) is 0.760. The molecule has 1 aliphatic carbocycles. The van der Waals surface area contributed by atoms with Crippen LogP contribution in [0.25, 0.3) is 11.0 Å². The lowest BCUT2D eigenvalue weighted by atomic mass is 10.1. The lowest BCUT2D eigenvalue weighted by Gasteiger charge is -2.35. The molecule has 2 amide bonds. The fourth-order valence-corrected chi connectivity index (χ4v) is 4.81. The molecule has 138 valence electrons. The predicted molar refractivity (Wildman–Crippen MR) is 104 cm³/mol. The number of imidazole rings is 1. The smallest absolute Gasteiger partial charge is 0.254 e. The molecule has 1 saturated carbocycles. The number of amides is 2. The first-order chi connectivity index (χ1) is 13.2. The third-order valence-corrected chi connectivity index (χ3v) is 6.57. The molecule has 6 nitrogen and oxygen atoms in total.